The Bertz CT molecular complexity index is 442. The van der Waals surface area contributed by atoms with E-state index in [1.807, 2.05) is 0 Å². The lowest BCUT2D eigenvalue weighted by Crippen LogP contribution is -2.13. The zero-order valence-corrected chi connectivity index (χ0v) is 11.0. The van der Waals surface area contributed by atoms with Crippen LogP contribution in [0.3, 0.4) is 0 Å². The molecule has 19 heavy (non-hydrogen) atoms. The van der Waals surface area contributed by atoms with Gasteiger partial charge in [0.1, 0.15) is 5.82 Å². The van der Waals surface area contributed by atoms with Crippen molar-refractivity contribution in [2.24, 2.45) is 5.92 Å². The van der Waals surface area contributed by atoms with E-state index >= 15 is 0 Å². The first-order chi connectivity index (χ1) is 9.16. The third kappa shape index (κ3) is 3.94. The molecule has 1 saturated carbocycles. The van der Waals surface area contributed by atoms with Crippen LogP contribution in [0, 0.1) is 11.7 Å². The molecule has 1 aromatic carbocycles. The number of anilines is 1. The second kappa shape index (κ2) is 6.55. The van der Waals surface area contributed by atoms with Gasteiger partial charge in [-0.2, -0.15) is 0 Å². The van der Waals surface area contributed by atoms with Gasteiger partial charge in [0.05, 0.1) is 11.3 Å². The van der Waals surface area contributed by atoms with Crippen molar-refractivity contribution in [2.45, 2.75) is 38.5 Å². The lowest BCUT2D eigenvalue weighted by Gasteiger charge is -2.21. The summed E-state index contributed by atoms with van der Waals surface area (Å²) in [7, 11) is 0. The molecule has 0 aliphatic heterocycles. The van der Waals surface area contributed by atoms with Crippen LogP contribution in [0.25, 0.3) is 0 Å². The van der Waals surface area contributed by atoms with Gasteiger partial charge in [-0.15, -0.1) is 0 Å². The van der Waals surface area contributed by atoms with E-state index in [-0.39, 0.29) is 5.56 Å². The highest BCUT2D eigenvalue weighted by atomic mass is 19.1. The summed E-state index contributed by atoms with van der Waals surface area (Å²) in [5.41, 5.74) is 0.371. The number of carboxylic acid groups (broad SMARTS) is 1. The molecule has 0 heterocycles. The van der Waals surface area contributed by atoms with Crippen molar-refractivity contribution in [3.63, 3.8) is 0 Å². The van der Waals surface area contributed by atoms with Crippen LogP contribution in [-0.2, 0) is 0 Å². The van der Waals surface area contributed by atoms with E-state index < -0.39 is 11.8 Å². The minimum Gasteiger partial charge on any atom is -0.478 e. The number of carboxylic acids is 1. The van der Waals surface area contributed by atoms with Crippen molar-refractivity contribution < 1.29 is 14.3 Å². The maximum Gasteiger partial charge on any atom is 0.335 e. The molecular weight excluding hydrogens is 245 g/mol. The molecule has 1 aromatic rings. The third-order valence-corrected chi connectivity index (χ3v) is 3.81. The number of hydrogen-bond acceptors (Lipinski definition) is 2. The minimum absolute atomic E-state index is 0.0182. The topological polar surface area (TPSA) is 49.3 Å². The van der Waals surface area contributed by atoms with Crippen LogP contribution < -0.4 is 5.32 Å². The summed E-state index contributed by atoms with van der Waals surface area (Å²) in [6.07, 6.45) is 7.58. The molecule has 1 fully saturated rings. The number of aromatic carboxylic acids is 1. The van der Waals surface area contributed by atoms with Crippen molar-refractivity contribution in [1.82, 2.24) is 0 Å². The Balaban J connectivity index is 1.83. The molecule has 0 aromatic heterocycles. The van der Waals surface area contributed by atoms with Gasteiger partial charge in [-0.1, -0.05) is 32.1 Å². The van der Waals surface area contributed by atoms with E-state index in [1.165, 1.54) is 44.2 Å². The smallest absolute Gasteiger partial charge is 0.335 e. The SMILES string of the molecule is O=C(O)c1ccc(NCCC2CCCCC2)c(F)c1. The lowest BCUT2D eigenvalue weighted by atomic mass is 9.87. The highest BCUT2D eigenvalue weighted by molar-refractivity contribution is 5.88. The zero-order chi connectivity index (χ0) is 13.7. The number of halogens is 1. The molecule has 2 N–H and O–H groups in total. The Morgan fingerprint density at radius 3 is 2.68 bits per heavy atom. The monoisotopic (exact) mass is 265 g/mol. The van der Waals surface area contributed by atoms with Crippen LogP contribution in [0.5, 0.6) is 0 Å². The molecule has 0 atom stereocenters. The lowest BCUT2D eigenvalue weighted by molar-refractivity contribution is 0.0696. The minimum atomic E-state index is -1.10. The van der Waals surface area contributed by atoms with Crippen LogP contribution in [0.1, 0.15) is 48.9 Å². The van der Waals surface area contributed by atoms with E-state index in [0.29, 0.717) is 5.69 Å². The van der Waals surface area contributed by atoms with Crippen LogP contribution in [0.15, 0.2) is 18.2 Å². The molecule has 0 radical (unpaired) electrons. The number of hydrogen-bond donors (Lipinski definition) is 2. The molecule has 0 amide bonds. The number of carbonyl (C=O) groups is 1. The quantitative estimate of drug-likeness (QED) is 0.848. The first-order valence-corrected chi connectivity index (χ1v) is 6.93. The van der Waals surface area contributed by atoms with Crippen molar-refractivity contribution in [3.8, 4) is 0 Å². The highest BCUT2D eigenvalue weighted by Crippen LogP contribution is 2.26. The molecule has 0 saturated heterocycles. The van der Waals surface area contributed by atoms with Gasteiger partial charge >= 0.3 is 5.97 Å². The summed E-state index contributed by atoms with van der Waals surface area (Å²) in [6.45, 7) is 0.744. The standard InChI is InChI=1S/C15H20FNO2/c16-13-10-12(15(18)19)6-7-14(13)17-9-8-11-4-2-1-3-5-11/h6-7,10-11,17H,1-5,8-9H2,(H,18,19). The maximum atomic E-state index is 13.7. The van der Waals surface area contributed by atoms with E-state index in [4.69, 9.17) is 5.11 Å². The van der Waals surface area contributed by atoms with Gasteiger partial charge in [0.15, 0.2) is 0 Å². The maximum absolute atomic E-state index is 13.7. The molecule has 0 bridgehead atoms. The van der Waals surface area contributed by atoms with Crippen molar-refractivity contribution >= 4 is 11.7 Å². The first-order valence-electron chi connectivity index (χ1n) is 6.93. The number of rotatable bonds is 5. The summed E-state index contributed by atoms with van der Waals surface area (Å²) < 4.78 is 13.7. The Kier molecular flexibility index (Phi) is 4.77. The third-order valence-electron chi connectivity index (χ3n) is 3.81. The predicted octanol–water partition coefficient (Wildman–Crippen LogP) is 3.91. The van der Waals surface area contributed by atoms with Gasteiger partial charge < -0.3 is 10.4 Å². The zero-order valence-electron chi connectivity index (χ0n) is 11.0. The average molecular weight is 265 g/mol. The van der Waals surface area contributed by atoms with Crippen LogP contribution in [0.4, 0.5) is 10.1 Å². The van der Waals surface area contributed by atoms with Gasteiger partial charge in [0, 0.05) is 6.54 Å². The molecule has 0 unspecified atom stereocenters. The molecule has 3 nitrogen and oxygen atoms in total. The molecular formula is C15H20FNO2. The van der Waals surface area contributed by atoms with Crippen LogP contribution in [-0.4, -0.2) is 17.6 Å². The van der Waals surface area contributed by atoms with E-state index in [9.17, 15) is 9.18 Å². The Hall–Kier alpha value is -1.58. The first kappa shape index (κ1) is 13.8. The van der Waals surface area contributed by atoms with Crippen molar-refractivity contribution in [3.05, 3.63) is 29.6 Å². The fraction of sp³-hybridized carbons (Fsp3) is 0.533. The van der Waals surface area contributed by atoms with Gasteiger partial charge in [0.25, 0.3) is 0 Å². The summed E-state index contributed by atoms with van der Waals surface area (Å²) in [6, 6.07) is 3.99. The van der Waals surface area contributed by atoms with Gasteiger partial charge in [0.2, 0.25) is 0 Å². The normalized spacial score (nSPS) is 16.3. The van der Waals surface area contributed by atoms with Crippen LogP contribution in [0.2, 0.25) is 0 Å². The molecule has 1 aliphatic rings. The number of nitrogens with one attached hydrogen (secondary N) is 1. The predicted molar refractivity (Wildman–Crippen MR) is 73.0 cm³/mol. The van der Waals surface area contributed by atoms with Gasteiger partial charge in [-0.25, -0.2) is 9.18 Å². The summed E-state index contributed by atoms with van der Waals surface area (Å²) >= 11 is 0. The average Bonchev–Trinajstić information content (AvgIpc) is 2.41. The molecule has 2 rings (SSSR count). The number of benzene rings is 1. The van der Waals surface area contributed by atoms with E-state index in [0.717, 1.165) is 24.9 Å². The Labute approximate surface area is 112 Å². The van der Waals surface area contributed by atoms with Crippen molar-refractivity contribution in [1.29, 1.82) is 0 Å². The Morgan fingerprint density at radius 1 is 1.32 bits per heavy atom. The fourth-order valence-corrected chi connectivity index (χ4v) is 2.68. The molecule has 1 aliphatic carbocycles. The molecule has 4 heteroatoms. The second-order valence-electron chi connectivity index (χ2n) is 5.22. The highest BCUT2D eigenvalue weighted by Gasteiger charge is 2.13. The van der Waals surface area contributed by atoms with Gasteiger partial charge in [-0.05, 0) is 30.5 Å². The van der Waals surface area contributed by atoms with Gasteiger partial charge in [-0.3, -0.25) is 0 Å². The summed E-state index contributed by atoms with van der Waals surface area (Å²) in [5, 5.41) is 11.8. The van der Waals surface area contributed by atoms with E-state index in [1.54, 1.807) is 0 Å². The molecule has 104 valence electrons. The fourth-order valence-electron chi connectivity index (χ4n) is 2.68. The second-order valence-corrected chi connectivity index (χ2v) is 5.22. The Morgan fingerprint density at radius 2 is 2.05 bits per heavy atom. The van der Waals surface area contributed by atoms with Crippen molar-refractivity contribution in [2.75, 3.05) is 11.9 Å². The van der Waals surface area contributed by atoms with Crippen LogP contribution >= 0.6 is 0 Å². The summed E-state index contributed by atoms with van der Waals surface area (Å²) in [5.74, 6) is -0.848. The summed E-state index contributed by atoms with van der Waals surface area (Å²) in [4.78, 5) is 10.7. The van der Waals surface area contributed by atoms with E-state index in [2.05, 4.69) is 5.32 Å². The largest absolute Gasteiger partial charge is 0.478 e. The molecule has 0 spiro atoms.